The normalized spacial score (nSPS) is 15.8. The number of allylic oxidation sites excluding steroid dienone is 2. The number of hydrogen-bond donors (Lipinski definition) is 1. The van der Waals surface area contributed by atoms with E-state index < -0.39 is 22.8 Å². The van der Waals surface area contributed by atoms with Crippen LogP contribution in [0.3, 0.4) is 0 Å². The van der Waals surface area contributed by atoms with Crippen molar-refractivity contribution >= 4 is 17.6 Å². The number of nitro groups is 1. The highest BCUT2D eigenvalue weighted by molar-refractivity contribution is 6.00. The van der Waals surface area contributed by atoms with Gasteiger partial charge < -0.3 is 14.8 Å². The van der Waals surface area contributed by atoms with Crippen LogP contribution in [0.25, 0.3) is 0 Å². The van der Waals surface area contributed by atoms with Gasteiger partial charge in [0.2, 0.25) is 0 Å². The lowest BCUT2D eigenvalue weighted by atomic mass is 9.80. The molecule has 1 heterocycles. The molecular formula is C26H28N2O6. The van der Waals surface area contributed by atoms with E-state index in [4.69, 9.17) is 9.47 Å². The number of nitrogens with one attached hydrogen (secondary N) is 1. The molecule has 2 aromatic rings. The van der Waals surface area contributed by atoms with Crippen LogP contribution in [-0.2, 0) is 25.7 Å². The van der Waals surface area contributed by atoms with Crippen LogP contribution in [0, 0.1) is 17.0 Å². The standard InChI is InChI=1S/C26H28N2O6/c1-15(2)34-26(30)23-18(5)27-17(4)22(24(23)20-7-6-8-21(13-20)28(31)32)25(29)33-14-19-11-9-16(3)10-12-19/h6-13,15,24,27H,14H2,1-5H3. The lowest BCUT2D eigenvalue weighted by Crippen LogP contribution is -2.33. The van der Waals surface area contributed by atoms with Gasteiger partial charge in [0.1, 0.15) is 6.61 Å². The van der Waals surface area contributed by atoms with Crippen LogP contribution in [0.4, 0.5) is 5.69 Å². The second-order valence-corrected chi connectivity index (χ2v) is 8.50. The van der Waals surface area contributed by atoms with E-state index in [1.54, 1.807) is 33.8 Å². The molecule has 0 radical (unpaired) electrons. The molecule has 34 heavy (non-hydrogen) atoms. The van der Waals surface area contributed by atoms with Crippen LogP contribution in [0.2, 0.25) is 0 Å². The predicted octanol–water partition coefficient (Wildman–Crippen LogP) is 4.83. The first kappa shape index (κ1) is 24.7. The fourth-order valence-electron chi connectivity index (χ4n) is 3.87. The van der Waals surface area contributed by atoms with Gasteiger partial charge in [-0.3, -0.25) is 10.1 Å². The molecule has 1 atom stereocenters. The first-order valence-electron chi connectivity index (χ1n) is 10.9. The summed E-state index contributed by atoms with van der Waals surface area (Å²) >= 11 is 0. The minimum Gasteiger partial charge on any atom is -0.460 e. The van der Waals surface area contributed by atoms with Crippen molar-refractivity contribution < 1.29 is 24.0 Å². The Labute approximate surface area is 198 Å². The molecule has 0 spiro atoms. The highest BCUT2D eigenvalue weighted by atomic mass is 16.6. The molecule has 0 fully saturated rings. The molecule has 178 valence electrons. The van der Waals surface area contributed by atoms with Crippen molar-refractivity contribution in [3.8, 4) is 0 Å². The lowest BCUT2D eigenvalue weighted by Gasteiger charge is -2.30. The number of aryl methyl sites for hydroxylation is 1. The smallest absolute Gasteiger partial charge is 0.337 e. The van der Waals surface area contributed by atoms with Crippen molar-refractivity contribution in [1.29, 1.82) is 0 Å². The van der Waals surface area contributed by atoms with Gasteiger partial charge in [-0.15, -0.1) is 0 Å². The minimum absolute atomic E-state index is 0.0476. The topological polar surface area (TPSA) is 108 Å². The Bertz CT molecular complexity index is 1180. The van der Waals surface area contributed by atoms with E-state index in [-0.39, 0.29) is 29.5 Å². The Morgan fingerprint density at radius 1 is 1.00 bits per heavy atom. The molecule has 0 aromatic heterocycles. The van der Waals surface area contributed by atoms with Gasteiger partial charge in [-0.25, -0.2) is 9.59 Å². The molecule has 1 unspecified atom stereocenters. The summed E-state index contributed by atoms with van der Waals surface area (Å²) in [5, 5.41) is 14.5. The molecule has 0 bridgehead atoms. The van der Waals surface area contributed by atoms with E-state index in [0.717, 1.165) is 11.1 Å². The lowest BCUT2D eigenvalue weighted by molar-refractivity contribution is -0.384. The van der Waals surface area contributed by atoms with E-state index in [1.165, 1.54) is 18.2 Å². The first-order valence-corrected chi connectivity index (χ1v) is 10.9. The Morgan fingerprint density at radius 3 is 2.21 bits per heavy atom. The summed E-state index contributed by atoms with van der Waals surface area (Å²) in [7, 11) is 0. The van der Waals surface area contributed by atoms with Gasteiger partial charge in [0.25, 0.3) is 5.69 Å². The van der Waals surface area contributed by atoms with Gasteiger partial charge >= 0.3 is 11.9 Å². The summed E-state index contributed by atoms with van der Waals surface area (Å²) in [5.41, 5.74) is 3.61. The Balaban J connectivity index is 2.04. The van der Waals surface area contributed by atoms with Crippen LogP contribution in [0.5, 0.6) is 0 Å². The summed E-state index contributed by atoms with van der Waals surface area (Å²) in [5.74, 6) is -2.12. The van der Waals surface area contributed by atoms with E-state index in [1.807, 2.05) is 31.2 Å². The van der Waals surface area contributed by atoms with Crippen LogP contribution >= 0.6 is 0 Å². The maximum absolute atomic E-state index is 13.3. The maximum atomic E-state index is 13.3. The summed E-state index contributed by atoms with van der Waals surface area (Å²) < 4.78 is 11.1. The fourth-order valence-corrected chi connectivity index (χ4v) is 3.87. The van der Waals surface area contributed by atoms with Crippen LogP contribution < -0.4 is 5.32 Å². The zero-order chi connectivity index (χ0) is 25.0. The molecule has 1 aliphatic heterocycles. The molecule has 0 saturated heterocycles. The Hall–Kier alpha value is -3.94. The number of benzene rings is 2. The average Bonchev–Trinajstić information content (AvgIpc) is 2.77. The van der Waals surface area contributed by atoms with E-state index in [2.05, 4.69) is 5.32 Å². The zero-order valence-electron chi connectivity index (χ0n) is 19.9. The van der Waals surface area contributed by atoms with Crippen molar-refractivity contribution in [2.45, 2.75) is 53.2 Å². The van der Waals surface area contributed by atoms with Crippen LogP contribution in [-0.4, -0.2) is 23.0 Å². The van der Waals surface area contributed by atoms with Crippen molar-refractivity contribution in [2.24, 2.45) is 0 Å². The quantitative estimate of drug-likeness (QED) is 0.355. The number of hydrogen-bond acceptors (Lipinski definition) is 7. The number of carbonyl (C=O) groups is 2. The van der Waals surface area contributed by atoms with Crippen molar-refractivity contribution in [3.63, 3.8) is 0 Å². The summed E-state index contributed by atoms with van der Waals surface area (Å²) in [4.78, 5) is 37.3. The molecule has 8 nitrogen and oxygen atoms in total. The van der Waals surface area contributed by atoms with Gasteiger partial charge in [-0.05, 0) is 45.7 Å². The van der Waals surface area contributed by atoms with Crippen LogP contribution in [0.1, 0.15) is 50.3 Å². The number of non-ortho nitro benzene ring substituents is 1. The highest BCUT2D eigenvalue weighted by Gasteiger charge is 2.38. The molecule has 1 N–H and O–H groups in total. The van der Waals surface area contributed by atoms with Gasteiger partial charge in [-0.1, -0.05) is 42.0 Å². The van der Waals surface area contributed by atoms with Gasteiger partial charge in [-0.2, -0.15) is 0 Å². The van der Waals surface area contributed by atoms with Gasteiger partial charge in [0, 0.05) is 23.5 Å². The maximum Gasteiger partial charge on any atom is 0.337 e. The van der Waals surface area contributed by atoms with E-state index in [9.17, 15) is 19.7 Å². The molecule has 0 aliphatic carbocycles. The Morgan fingerprint density at radius 2 is 1.62 bits per heavy atom. The van der Waals surface area contributed by atoms with Gasteiger partial charge in [0.15, 0.2) is 0 Å². The fraction of sp³-hybridized carbons (Fsp3) is 0.308. The average molecular weight is 465 g/mol. The third-order valence-corrected chi connectivity index (χ3v) is 5.45. The molecular weight excluding hydrogens is 436 g/mol. The molecule has 8 heteroatoms. The van der Waals surface area contributed by atoms with E-state index in [0.29, 0.717) is 17.0 Å². The largest absolute Gasteiger partial charge is 0.460 e. The molecule has 0 amide bonds. The van der Waals surface area contributed by atoms with E-state index >= 15 is 0 Å². The summed E-state index contributed by atoms with van der Waals surface area (Å²) in [6.07, 6.45) is -0.387. The Kier molecular flexibility index (Phi) is 7.50. The highest BCUT2D eigenvalue weighted by Crippen LogP contribution is 2.40. The number of nitrogens with zero attached hydrogens (tertiary/aromatic N) is 1. The van der Waals surface area contributed by atoms with Crippen molar-refractivity contribution in [3.05, 3.63) is 97.9 Å². The summed E-state index contributed by atoms with van der Waals surface area (Å²) in [6, 6.07) is 13.5. The van der Waals surface area contributed by atoms with Crippen molar-refractivity contribution in [1.82, 2.24) is 5.32 Å². The molecule has 0 saturated carbocycles. The second kappa shape index (κ2) is 10.3. The minimum atomic E-state index is -0.891. The predicted molar refractivity (Wildman–Crippen MR) is 127 cm³/mol. The molecule has 1 aliphatic rings. The number of rotatable bonds is 7. The number of esters is 2. The first-order chi connectivity index (χ1) is 16.1. The monoisotopic (exact) mass is 464 g/mol. The zero-order valence-corrected chi connectivity index (χ0v) is 19.9. The number of carbonyl (C=O) groups excluding carboxylic acids is 2. The second-order valence-electron chi connectivity index (χ2n) is 8.50. The van der Waals surface area contributed by atoms with Gasteiger partial charge in [0.05, 0.1) is 28.1 Å². The van der Waals surface area contributed by atoms with Crippen molar-refractivity contribution in [2.75, 3.05) is 0 Å². The third kappa shape index (κ3) is 5.51. The van der Waals surface area contributed by atoms with Crippen LogP contribution in [0.15, 0.2) is 71.1 Å². The number of ether oxygens (including phenoxy) is 2. The molecule has 2 aromatic carbocycles. The SMILES string of the molecule is CC1=C(C(=O)OCc2ccc(C)cc2)C(c2cccc([N+](=O)[O-])c2)C(C(=O)OC(C)C)=C(C)N1. The number of dihydropyridines is 1. The number of nitro benzene ring substituents is 1. The molecule has 3 rings (SSSR count). The summed E-state index contributed by atoms with van der Waals surface area (Å²) in [6.45, 7) is 8.88. The third-order valence-electron chi connectivity index (χ3n) is 5.45.